The van der Waals surface area contributed by atoms with Crippen LogP contribution in [-0.4, -0.2) is 57.1 Å². The van der Waals surface area contributed by atoms with Crippen molar-refractivity contribution < 1.29 is 24.1 Å². The van der Waals surface area contributed by atoms with Gasteiger partial charge in [0.05, 0.1) is 0 Å². The number of fused-ring (bicyclic) bond motifs is 1. The third kappa shape index (κ3) is 1.43. The molecule has 0 radical (unpaired) electrons. The molecular formula is C11H14FN3O5. The zero-order chi connectivity index (χ0) is 14.7. The quantitative estimate of drug-likeness (QED) is 0.599. The van der Waals surface area contributed by atoms with Crippen LogP contribution in [0.3, 0.4) is 0 Å². The van der Waals surface area contributed by atoms with E-state index in [1.54, 1.807) is 0 Å². The predicted molar refractivity (Wildman–Crippen MR) is 63.5 cm³/mol. The highest BCUT2D eigenvalue weighted by Gasteiger charge is 2.83. The first-order valence-electron chi connectivity index (χ1n) is 5.96. The summed E-state index contributed by atoms with van der Waals surface area (Å²) in [5, 5.41) is 19.3. The average Bonchev–Trinajstić information content (AvgIpc) is 2.92. The SMILES string of the molecule is COC1(CO)OC2C(n3ccc(N)nc3=O)C2(F)C1O. The van der Waals surface area contributed by atoms with Crippen LogP contribution < -0.4 is 11.4 Å². The number of aliphatic hydroxyl groups is 2. The van der Waals surface area contributed by atoms with E-state index in [0.717, 1.165) is 4.57 Å². The summed E-state index contributed by atoms with van der Waals surface area (Å²) in [4.78, 5) is 15.2. The highest BCUT2D eigenvalue weighted by Crippen LogP contribution is 2.63. The molecule has 1 saturated heterocycles. The van der Waals surface area contributed by atoms with Gasteiger partial charge in [-0.1, -0.05) is 0 Å². The third-order valence-electron chi connectivity index (χ3n) is 3.95. The number of alkyl halides is 1. The summed E-state index contributed by atoms with van der Waals surface area (Å²) in [5.74, 6) is -1.78. The van der Waals surface area contributed by atoms with Crippen molar-refractivity contribution in [1.82, 2.24) is 9.55 Å². The number of methoxy groups -OCH3 is 1. The Morgan fingerprint density at radius 3 is 2.85 bits per heavy atom. The maximum atomic E-state index is 14.8. The van der Waals surface area contributed by atoms with E-state index >= 15 is 0 Å². The number of nitrogen functional groups attached to an aromatic ring is 1. The molecule has 20 heavy (non-hydrogen) atoms. The highest BCUT2D eigenvalue weighted by molar-refractivity contribution is 5.31. The summed E-state index contributed by atoms with van der Waals surface area (Å²) in [6, 6.07) is 0.328. The van der Waals surface area contributed by atoms with Gasteiger partial charge in [-0.05, 0) is 6.07 Å². The Hall–Kier alpha value is -1.55. The van der Waals surface area contributed by atoms with Gasteiger partial charge in [0.25, 0.3) is 0 Å². The summed E-state index contributed by atoms with van der Waals surface area (Å²) >= 11 is 0. The van der Waals surface area contributed by atoms with Gasteiger partial charge in [0.2, 0.25) is 5.79 Å². The third-order valence-corrected chi connectivity index (χ3v) is 3.95. The van der Waals surface area contributed by atoms with Crippen molar-refractivity contribution >= 4 is 5.82 Å². The van der Waals surface area contributed by atoms with Gasteiger partial charge >= 0.3 is 5.69 Å². The van der Waals surface area contributed by atoms with Crippen LogP contribution in [0.15, 0.2) is 17.1 Å². The Kier molecular flexibility index (Phi) is 2.67. The number of aromatic nitrogens is 2. The normalized spacial score (nSPS) is 42.5. The number of aliphatic hydroxyl groups excluding tert-OH is 2. The molecule has 5 unspecified atom stereocenters. The number of rotatable bonds is 3. The minimum absolute atomic E-state index is 0.0213. The van der Waals surface area contributed by atoms with E-state index in [1.165, 1.54) is 19.4 Å². The fourth-order valence-corrected chi connectivity index (χ4v) is 2.76. The maximum absolute atomic E-state index is 14.8. The summed E-state index contributed by atoms with van der Waals surface area (Å²) < 4.78 is 26.0. The molecule has 2 aliphatic rings. The first-order chi connectivity index (χ1) is 9.40. The second-order valence-corrected chi connectivity index (χ2v) is 4.93. The number of hydrogen-bond donors (Lipinski definition) is 3. The number of ether oxygens (including phenoxy) is 2. The van der Waals surface area contributed by atoms with Crippen LogP contribution in [0, 0.1) is 0 Å². The minimum Gasteiger partial charge on any atom is -0.391 e. The number of nitrogens with two attached hydrogens (primary N) is 1. The Labute approximate surface area is 112 Å². The topological polar surface area (TPSA) is 120 Å². The monoisotopic (exact) mass is 287 g/mol. The molecule has 0 spiro atoms. The molecule has 3 rings (SSSR count). The van der Waals surface area contributed by atoms with Gasteiger partial charge in [-0.2, -0.15) is 4.98 Å². The number of hydrogen-bond acceptors (Lipinski definition) is 7. The Balaban J connectivity index is 1.94. The van der Waals surface area contributed by atoms with Crippen LogP contribution in [0.1, 0.15) is 6.04 Å². The molecule has 1 aromatic heterocycles. The van der Waals surface area contributed by atoms with E-state index in [1.807, 2.05) is 0 Å². The molecule has 2 heterocycles. The van der Waals surface area contributed by atoms with Crippen molar-refractivity contribution in [3.05, 3.63) is 22.7 Å². The molecule has 8 nitrogen and oxygen atoms in total. The molecule has 110 valence electrons. The van der Waals surface area contributed by atoms with Crippen LogP contribution in [0.2, 0.25) is 0 Å². The molecule has 1 aromatic rings. The average molecular weight is 287 g/mol. The molecular weight excluding hydrogens is 273 g/mol. The molecule has 9 heteroatoms. The number of nitrogens with zero attached hydrogens (tertiary/aromatic N) is 2. The zero-order valence-corrected chi connectivity index (χ0v) is 10.6. The van der Waals surface area contributed by atoms with Crippen LogP contribution in [0.4, 0.5) is 10.2 Å². The molecule has 5 atom stereocenters. The predicted octanol–water partition coefficient (Wildman–Crippen LogP) is -1.82. The maximum Gasteiger partial charge on any atom is 0.349 e. The molecule has 1 saturated carbocycles. The van der Waals surface area contributed by atoms with Gasteiger partial charge in [-0.25, -0.2) is 9.18 Å². The largest absolute Gasteiger partial charge is 0.391 e. The van der Waals surface area contributed by atoms with E-state index < -0.39 is 42.0 Å². The lowest BCUT2D eigenvalue weighted by Gasteiger charge is -2.32. The zero-order valence-electron chi connectivity index (χ0n) is 10.6. The van der Waals surface area contributed by atoms with Crippen molar-refractivity contribution in [2.75, 3.05) is 19.5 Å². The van der Waals surface area contributed by atoms with Gasteiger partial charge in [0, 0.05) is 13.3 Å². The molecule has 2 fully saturated rings. The van der Waals surface area contributed by atoms with Gasteiger partial charge in [-0.15, -0.1) is 0 Å². The first-order valence-corrected chi connectivity index (χ1v) is 5.96. The van der Waals surface area contributed by atoms with Gasteiger partial charge in [-0.3, -0.25) is 4.57 Å². The molecule has 1 aliphatic heterocycles. The summed E-state index contributed by atoms with van der Waals surface area (Å²) in [5.41, 5.74) is 2.42. The second-order valence-electron chi connectivity index (χ2n) is 4.93. The lowest BCUT2D eigenvalue weighted by molar-refractivity contribution is -0.272. The molecule has 0 bridgehead atoms. The van der Waals surface area contributed by atoms with Crippen LogP contribution >= 0.6 is 0 Å². The van der Waals surface area contributed by atoms with E-state index in [4.69, 9.17) is 15.2 Å². The van der Waals surface area contributed by atoms with Crippen LogP contribution in [-0.2, 0) is 9.47 Å². The molecule has 0 aromatic carbocycles. The fraction of sp³-hybridized carbons (Fsp3) is 0.636. The van der Waals surface area contributed by atoms with Gasteiger partial charge in [0.1, 0.15) is 30.7 Å². The lowest BCUT2D eigenvalue weighted by Crippen LogP contribution is -2.52. The van der Waals surface area contributed by atoms with Crippen molar-refractivity contribution in [1.29, 1.82) is 0 Å². The fourth-order valence-electron chi connectivity index (χ4n) is 2.76. The van der Waals surface area contributed by atoms with Crippen molar-refractivity contribution in [3.63, 3.8) is 0 Å². The summed E-state index contributed by atoms with van der Waals surface area (Å²) in [6.45, 7) is -0.700. The van der Waals surface area contributed by atoms with Gasteiger partial charge in [0.15, 0.2) is 5.67 Å². The number of halogens is 1. The van der Waals surface area contributed by atoms with Crippen LogP contribution in [0.25, 0.3) is 0 Å². The molecule has 0 amide bonds. The Morgan fingerprint density at radius 2 is 2.40 bits per heavy atom. The Morgan fingerprint density at radius 1 is 1.70 bits per heavy atom. The first kappa shape index (κ1) is 13.4. The lowest BCUT2D eigenvalue weighted by atomic mass is 10.1. The minimum atomic E-state index is -2.21. The van der Waals surface area contributed by atoms with E-state index in [9.17, 15) is 19.4 Å². The summed E-state index contributed by atoms with van der Waals surface area (Å²) in [7, 11) is 1.19. The van der Waals surface area contributed by atoms with E-state index in [2.05, 4.69) is 4.98 Å². The Bertz CT molecular complexity index is 604. The molecule has 1 aliphatic carbocycles. The van der Waals surface area contributed by atoms with Crippen molar-refractivity contribution in [2.45, 2.75) is 29.7 Å². The van der Waals surface area contributed by atoms with E-state index in [-0.39, 0.29) is 5.82 Å². The van der Waals surface area contributed by atoms with Gasteiger partial charge < -0.3 is 25.4 Å². The second kappa shape index (κ2) is 3.98. The van der Waals surface area contributed by atoms with Crippen molar-refractivity contribution in [3.8, 4) is 0 Å². The summed E-state index contributed by atoms with van der Waals surface area (Å²) in [6.07, 6.45) is -1.52. The van der Waals surface area contributed by atoms with Crippen LogP contribution in [0.5, 0.6) is 0 Å². The van der Waals surface area contributed by atoms with Crippen molar-refractivity contribution in [2.24, 2.45) is 0 Å². The smallest absolute Gasteiger partial charge is 0.349 e. The highest BCUT2D eigenvalue weighted by atomic mass is 19.1. The standard InChI is InChI=1S/C11H14FN3O5/c1-19-10(4-16)8(17)11(12)6(7(11)20-10)15-3-2-5(13)14-9(15)18/h2-3,6-8,16-17H,4H2,1H3,(H2,13,14,18). The number of anilines is 1. The molecule has 4 N–H and O–H groups in total. The van der Waals surface area contributed by atoms with E-state index in [0.29, 0.717) is 0 Å².